The lowest BCUT2D eigenvalue weighted by atomic mass is 10.1. The van der Waals surface area contributed by atoms with E-state index < -0.39 is 0 Å². The largest absolute Gasteiger partial charge is 0.361 e. The number of rotatable bonds is 4. The van der Waals surface area contributed by atoms with Gasteiger partial charge in [-0.15, -0.1) is 5.10 Å². The van der Waals surface area contributed by atoms with E-state index in [1.165, 1.54) is 4.68 Å². The molecule has 0 spiro atoms. The van der Waals surface area contributed by atoms with Crippen LogP contribution in [0.5, 0.6) is 0 Å². The first-order valence-corrected chi connectivity index (χ1v) is 8.70. The Hall–Kier alpha value is -2.87. The summed E-state index contributed by atoms with van der Waals surface area (Å²) in [5.41, 5.74) is 1.99. The highest BCUT2D eigenvalue weighted by atomic mass is 79.9. The molecule has 0 saturated heterocycles. The van der Waals surface area contributed by atoms with Gasteiger partial charge >= 0.3 is 0 Å². The fraction of sp³-hybridized carbons (Fsp3) is 0.167. The molecular weight excluding hydrogens is 394 g/mol. The minimum absolute atomic E-state index is 0.174. The van der Waals surface area contributed by atoms with Gasteiger partial charge in [0.2, 0.25) is 0 Å². The topological polar surface area (TPSA) is 94.5 Å². The van der Waals surface area contributed by atoms with Crippen molar-refractivity contribution in [3.05, 3.63) is 64.3 Å². The van der Waals surface area contributed by atoms with Crippen molar-refractivity contribution in [1.82, 2.24) is 19.7 Å². The molecule has 3 aromatic rings. The van der Waals surface area contributed by atoms with E-state index in [0.29, 0.717) is 18.1 Å². The maximum atomic E-state index is 8.37. The van der Waals surface area contributed by atoms with Gasteiger partial charge in [0, 0.05) is 38.5 Å². The molecule has 0 atom stereocenters. The van der Waals surface area contributed by atoms with E-state index in [0.717, 1.165) is 15.6 Å². The third-order valence-corrected chi connectivity index (χ3v) is 4.12. The molecule has 1 aromatic carbocycles. The van der Waals surface area contributed by atoms with E-state index in [4.69, 9.17) is 10.8 Å². The molecular formula is C18H18BrN7. The molecule has 0 radical (unpaired) electrons. The van der Waals surface area contributed by atoms with Crippen LogP contribution in [0.25, 0.3) is 11.4 Å². The number of aromatic nitrogens is 4. The van der Waals surface area contributed by atoms with Gasteiger partial charge in [0.15, 0.2) is 5.82 Å². The van der Waals surface area contributed by atoms with E-state index in [-0.39, 0.29) is 11.3 Å². The average molecular weight is 412 g/mol. The van der Waals surface area contributed by atoms with Gasteiger partial charge in [-0.05, 0) is 39.7 Å². The lowest BCUT2D eigenvalue weighted by Crippen LogP contribution is -2.31. The van der Waals surface area contributed by atoms with Crippen LogP contribution in [0.1, 0.15) is 5.56 Å². The molecule has 0 saturated carbocycles. The van der Waals surface area contributed by atoms with Crippen molar-refractivity contribution in [3.63, 3.8) is 0 Å². The monoisotopic (exact) mass is 411 g/mol. The molecule has 8 heteroatoms. The molecule has 132 valence electrons. The van der Waals surface area contributed by atoms with Gasteiger partial charge in [-0.1, -0.05) is 18.2 Å². The Labute approximate surface area is 159 Å². The van der Waals surface area contributed by atoms with Crippen LogP contribution < -0.4 is 10.4 Å². The molecule has 0 bridgehead atoms. The summed E-state index contributed by atoms with van der Waals surface area (Å²) < 4.78 is 2.17. The number of halogens is 1. The quantitative estimate of drug-likeness (QED) is 0.509. The highest BCUT2D eigenvalue weighted by Gasteiger charge is 2.09. The predicted octanol–water partition coefficient (Wildman–Crippen LogP) is 2.72. The normalized spacial score (nSPS) is 10.6. The smallest absolute Gasteiger partial charge is 0.159 e. The van der Waals surface area contributed by atoms with Crippen molar-refractivity contribution in [3.8, 4) is 11.4 Å². The van der Waals surface area contributed by atoms with Gasteiger partial charge in [-0.3, -0.25) is 10.8 Å². The molecule has 0 amide bonds. The van der Waals surface area contributed by atoms with Crippen molar-refractivity contribution in [2.75, 3.05) is 19.0 Å². The second-order valence-electron chi connectivity index (χ2n) is 5.93. The minimum atomic E-state index is 0.174. The van der Waals surface area contributed by atoms with Crippen LogP contribution in [0.4, 0.5) is 5.82 Å². The Balaban J connectivity index is 1.86. The molecule has 0 aliphatic carbocycles. The van der Waals surface area contributed by atoms with Crippen LogP contribution in [0, 0.1) is 10.8 Å². The maximum Gasteiger partial charge on any atom is 0.159 e. The summed E-state index contributed by atoms with van der Waals surface area (Å²) in [5.74, 6) is 1.55. The third-order valence-electron chi connectivity index (χ3n) is 3.71. The highest BCUT2D eigenvalue weighted by Crippen LogP contribution is 2.18. The Morgan fingerprint density at radius 3 is 2.58 bits per heavy atom. The molecule has 3 rings (SSSR count). The maximum absolute atomic E-state index is 8.37. The number of nitrogens with zero attached hydrogens (tertiary/aromatic N) is 5. The van der Waals surface area contributed by atoms with Crippen LogP contribution >= 0.6 is 15.9 Å². The zero-order chi connectivity index (χ0) is 18.7. The van der Waals surface area contributed by atoms with Crippen molar-refractivity contribution in [2.24, 2.45) is 0 Å². The van der Waals surface area contributed by atoms with Crippen LogP contribution in [0.15, 0.2) is 53.3 Å². The summed E-state index contributed by atoms with van der Waals surface area (Å²) in [6.45, 7) is 0. The lowest BCUT2D eigenvalue weighted by molar-refractivity contribution is 0.784. The summed E-state index contributed by atoms with van der Waals surface area (Å²) in [4.78, 5) is 10.5. The molecule has 26 heavy (non-hydrogen) atoms. The molecule has 0 fully saturated rings. The van der Waals surface area contributed by atoms with Crippen LogP contribution in [0.2, 0.25) is 0 Å². The fourth-order valence-corrected chi connectivity index (χ4v) is 2.61. The second-order valence-corrected chi connectivity index (χ2v) is 6.85. The highest BCUT2D eigenvalue weighted by molar-refractivity contribution is 9.10. The summed E-state index contributed by atoms with van der Waals surface area (Å²) in [6.07, 6.45) is 3.76. The van der Waals surface area contributed by atoms with E-state index in [2.05, 4.69) is 31.0 Å². The SMILES string of the molecule is CN(C)c1ccc(=N)n(C(=N)Cc2cccc(-c3ncc(Br)cn3)c2)n1. The minimum Gasteiger partial charge on any atom is -0.361 e. The molecule has 0 aliphatic rings. The van der Waals surface area contributed by atoms with Gasteiger partial charge in [0.05, 0.1) is 4.47 Å². The van der Waals surface area contributed by atoms with Crippen molar-refractivity contribution in [1.29, 1.82) is 10.8 Å². The average Bonchev–Trinajstić information content (AvgIpc) is 2.62. The van der Waals surface area contributed by atoms with E-state index in [1.54, 1.807) is 24.5 Å². The zero-order valence-electron chi connectivity index (χ0n) is 14.4. The van der Waals surface area contributed by atoms with E-state index in [1.807, 2.05) is 43.3 Å². The van der Waals surface area contributed by atoms with Gasteiger partial charge in [-0.2, -0.15) is 4.68 Å². The first kappa shape index (κ1) is 17.9. The number of nitrogens with one attached hydrogen (secondary N) is 2. The summed E-state index contributed by atoms with van der Waals surface area (Å²) in [5, 5.41) is 20.8. The van der Waals surface area contributed by atoms with Gasteiger partial charge in [0.25, 0.3) is 0 Å². The Bertz CT molecular complexity index is 993. The van der Waals surface area contributed by atoms with Gasteiger partial charge in [0.1, 0.15) is 17.1 Å². The van der Waals surface area contributed by atoms with Crippen molar-refractivity contribution >= 4 is 27.6 Å². The summed E-state index contributed by atoms with van der Waals surface area (Å²) in [7, 11) is 3.75. The first-order chi connectivity index (χ1) is 12.4. The molecule has 0 aliphatic heterocycles. The predicted molar refractivity (Wildman–Crippen MR) is 104 cm³/mol. The third kappa shape index (κ3) is 4.02. The molecule has 2 N–H and O–H groups in total. The van der Waals surface area contributed by atoms with Crippen LogP contribution in [0.3, 0.4) is 0 Å². The molecule has 2 aromatic heterocycles. The zero-order valence-corrected chi connectivity index (χ0v) is 16.0. The van der Waals surface area contributed by atoms with Crippen LogP contribution in [-0.2, 0) is 6.42 Å². The number of anilines is 1. The number of benzene rings is 1. The molecule has 0 unspecified atom stereocenters. The standard InChI is InChI=1S/C18H18BrN7/c1-25(2)17-7-6-15(20)26(24-17)16(21)9-12-4-3-5-13(8-12)18-22-10-14(19)11-23-18/h3-8,10-11,20-21H,9H2,1-2H3. The Morgan fingerprint density at radius 2 is 1.88 bits per heavy atom. The van der Waals surface area contributed by atoms with Crippen LogP contribution in [-0.4, -0.2) is 39.7 Å². The van der Waals surface area contributed by atoms with Gasteiger partial charge in [-0.25, -0.2) is 9.97 Å². The molecule has 2 heterocycles. The summed E-state index contributed by atoms with van der Waals surface area (Å²) >= 11 is 3.33. The number of hydrogen-bond acceptors (Lipinski definition) is 6. The van der Waals surface area contributed by atoms with Gasteiger partial charge < -0.3 is 4.90 Å². The van der Waals surface area contributed by atoms with E-state index in [9.17, 15) is 0 Å². The Morgan fingerprint density at radius 1 is 1.15 bits per heavy atom. The molecule has 7 nitrogen and oxygen atoms in total. The first-order valence-electron chi connectivity index (χ1n) is 7.91. The Kier molecular flexibility index (Phi) is 5.22. The summed E-state index contributed by atoms with van der Waals surface area (Å²) in [6, 6.07) is 11.2. The fourth-order valence-electron chi connectivity index (χ4n) is 2.41. The van der Waals surface area contributed by atoms with Crippen molar-refractivity contribution in [2.45, 2.75) is 6.42 Å². The van der Waals surface area contributed by atoms with Crippen molar-refractivity contribution < 1.29 is 0 Å². The van der Waals surface area contributed by atoms with E-state index >= 15 is 0 Å². The lowest BCUT2D eigenvalue weighted by Gasteiger charge is -2.14. The second kappa shape index (κ2) is 7.57. The number of hydrogen-bond donors (Lipinski definition) is 2.